The Morgan fingerprint density at radius 1 is 1.14 bits per heavy atom. The van der Waals surface area contributed by atoms with E-state index in [0.29, 0.717) is 44.3 Å². The largest absolute Gasteiger partial charge is 0.493 e. The quantitative estimate of drug-likeness (QED) is 0.380. The molecular weight excluding hydrogens is 274 g/mol. The molecule has 0 unspecified atom stereocenters. The lowest BCUT2D eigenvalue weighted by Gasteiger charge is -2.07. The minimum atomic E-state index is -0.282. The third-order valence-electron chi connectivity index (χ3n) is 2.56. The molecule has 2 N–H and O–H groups in total. The van der Waals surface area contributed by atoms with E-state index < -0.39 is 0 Å². The lowest BCUT2D eigenvalue weighted by molar-refractivity contribution is -0.144. The first kappa shape index (κ1) is 17.3. The summed E-state index contributed by atoms with van der Waals surface area (Å²) in [5.74, 6) is 0.366. The first-order valence-corrected chi connectivity index (χ1v) is 6.93. The van der Waals surface area contributed by atoms with Gasteiger partial charge >= 0.3 is 5.97 Å². The van der Waals surface area contributed by atoms with Gasteiger partial charge in [-0.3, -0.25) is 4.79 Å². The summed E-state index contributed by atoms with van der Waals surface area (Å²) in [6.45, 7) is 2.30. The Morgan fingerprint density at radius 2 is 2.00 bits per heavy atom. The second-order valence-corrected chi connectivity index (χ2v) is 4.35. The number of rotatable bonds is 11. The van der Waals surface area contributed by atoms with Crippen molar-refractivity contribution in [2.45, 2.75) is 12.8 Å². The smallest absolute Gasteiger partial charge is 0.309 e. The fourth-order valence-electron chi connectivity index (χ4n) is 1.52. The van der Waals surface area contributed by atoms with Crippen molar-refractivity contribution in [3.63, 3.8) is 0 Å². The van der Waals surface area contributed by atoms with Crippen LogP contribution in [0.25, 0.3) is 0 Å². The monoisotopic (exact) mass is 297 g/mol. The number of benzene rings is 1. The molecule has 118 valence electrons. The molecule has 0 amide bonds. The average Bonchev–Trinajstić information content (AvgIpc) is 2.46. The van der Waals surface area contributed by atoms with Gasteiger partial charge in [-0.1, -0.05) is 6.07 Å². The van der Waals surface area contributed by atoms with Crippen molar-refractivity contribution in [1.82, 2.24) is 0 Å². The molecule has 0 radical (unpaired) electrons. The van der Waals surface area contributed by atoms with Crippen LogP contribution in [0.1, 0.15) is 12.8 Å². The lowest BCUT2D eigenvalue weighted by Crippen LogP contribution is -2.12. The van der Waals surface area contributed by atoms with Crippen LogP contribution >= 0.6 is 0 Å². The van der Waals surface area contributed by atoms with Gasteiger partial charge in [0.2, 0.25) is 0 Å². The topological polar surface area (TPSA) is 80.0 Å². The van der Waals surface area contributed by atoms with Crippen LogP contribution in [0.4, 0.5) is 5.69 Å². The standard InChI is InChI=1S/C15H23NO5/c1-18-10-11-19-7-3-8-21-15(17)6-9-20-14-5-2-4-13(16)12-14/h2,4-5,12H,3,6-11,16H2,1H3. The van der Waals surface area contributed by atoms with E-state index in [4.69, 9.17) is 24.7 Å². The summed E-state index contributed by atoms with van der Waals surface area (Å²) >= 11 is 0. The molecule has 0 bridgehead atoms. The van der Waals surface area contributed by atoms with Gasteiger partial charge in [-0.2, -0.15) is 0 Å². The van der Waals surface area contributed by atoms with Crippen LogP contribution in [0.2, 0.25) is 0 Å². The lowest BCUT2D eigenvalue weighted by atomic mass is 10.3. The van der Waals surface area contributed by atoms with Gasteiger partial charge in [-0.15, -0.1) is 0 Å². The maximum atomic E-state index is 11.4. The third-order valence-corrected chi connectivity index (χ3v) is 2.56. The molecule has 0 aliphatic carbocycles. The summed E-state index contributed by atoms with van der Waals surface area (Å²) < 4.78 is 20.6. The number of carbonyl (C=O) groups is 1. The van der Waals surface area contributed by atoms with Crippen molar-refractivity contribution in [2.24, 2.45) is 0 Å². The number of hydrogen-bond donors (Lipinski definition) is 1. The highest BCUT2D eigenvalue weighted by Gasteiger charge is 2.03. The number of esters is 1. The van der Waals surface area contributed by atoms with Gasteiger partial charge in [0.1, 0.15) is 5.75 Å². The molecule has 0 fully saturated rings. The molecule has 0 heterocycles. The number of carbonyl (C=O) groups excluding carboxylic acids is 1. The van der Waals surface area contributed by atoms with Gasteiger partial charge in [-0.25, -0.2) is 0 Å². The van der Waals surface area contributed by atoms with E-state index in [1.165, 1.54) is 0 Å². The zero-order valence-electron chi connectivity index (χ0n) is 12.4. The number of anilines is 1. The van der Waals surface area contributed by atoms with Gasteiger partial charge in [0.05, 0.1) is 32.8 Å². The highest BCUT2D eigenvalue weighted by atomic mass is 16.5. The van der Waals surface area contributed by atoms with Gasteiger partial charge in [0.15, 0.2) is 0 Å². The molecule has 1 rings (SSSR count). The van der Waals surface area contributed by atoms with E-state index in [0.717, 1.165) is 0 Å². The fourth-order valence-corrected chi connectivity index (χ4v) is 1.52. The molecule has 0 aliphatic rings. The summed E-state index contributed by atoms with van der Waals surface area (Å²) in [5, 5.41) is 0. The molecule has 0 saturated carbocycles. The van der Waals surface area contributed by atoms with Crippen LogP contribution in [0.5, 0.6) is 5.75 Å². The van der Waals surface area contributed by atoms with Crippen LogP contribution in [-0.2, 0) is 19.0 Å². The van der Waals surface area contributed by atoms with E-state index in [-0.39, 0.29) is 19.0 Å². The Bertz CT molecular complexity index is 411. The summed E-state index contributed by atoms with van der Waals surface area (Å²) in [4.78, 5) is 11.4. The summed E-state index contributed by atoms with van der Waals surface area (Å²) in [6, 6.07) is 7.07. The molecule has 0 spiro atoms. The molecule has 1 aromatic rings. The van der Waals surface area contributed by atoms with Gasteiger partial charge < -0.3 is 24.7 Å². The molecule has 1 aromatic carbocycles. The van der Waals surface area contributed by atoms with Crippen molar-refractivity contribution >= 4 is 11.7 Å². The highest BCUT2D eigenvalue weighted by molar-refractivity contribution is 5.69. The van der Waals surface area contributed by atoms with Crippen molar-refractivity contribution in [3.05, 3.63) is 24.3 Å². The molecule has 21 heavy (non-hydrogen) atoms. The molecule has 0 atom stereocenters. The second kappa shape index (κ2) is 10.9. The Hall–Kier alpha value is -1.79. The van der Waals surface area contributed by atoms with Crippen LogP contribution in [0, 0.1) is 0 Å². The third kappa shape index (κ3) is 8.88. The van der Waals surface area contributed by atoms with Crippen molar-refractivity contribution < 1.29 is 23.7 Å². The summed E-state index contributed by atoms with van der Waals surface area (Å²) in [6.07, 6.45) is 0.880. The van der Waals surface area contributed by atoms with E-state index in [1.807, 2.05) is 0 Å². The van der Waals surface area contributed by atoms with Crippen LogP contribution in [-0.4, -0.2) is 46.1 Å². The fraction of sp³-hybridized carbons (Fsp3) is 0.533. The maximum absolute atomic E-state index is 11.4. The highest BCUT2D eigenvalue weighted by Crippen LogP contribution is 2.14. The normalized spacial score (nSPS) is 10.3. The minimum Gasteiger partial charge on any atom is -0.493 e. The van der Waals surface area contributed by atoms with Crippen molar-refractivity contribution in [3.8, 4) is 5.75 Å². The van der Waals surface area contributed by atoms with E-state index in [2.05, 4.69) is 0 Å². The maximum Gasteiger partial charge on any atom is 0.309 e. The SMILES string of the molecule is COCCOCCCOC(=O)CCOc1cccc(N)c1. The Labute approximate surface area is 125 Å². The molecule has 0 aromatic heterocycles. The van der Waals surface area contributed by atoms with E-state index >= 15 is 0 Å². The number of nitrogens with two attached hydrogens (primary N) is 1. The van der Waals surface area contributed by atoms with Crippen molar-refractivity contribution in [2.75, 3.05) is 45.9 Å². The number of ether oxygens (including phenoxy) is 4. The van der Waals surface area contributed by atoms with Crippen LogP contribution in [0.15, 0.2) is 24.3 Å². The minimum absolute atomic E-state index is 0.208. The Balaban J connectivity index is 1.99. The first-order valence-electron chi connectivity index (χ1n) is 6.93. The zero-order chi connectivity index (χ0) is 15.3. The number of nitrogen functional groups attached to an aromatic ring is 1. The molecular formula is C15H23NO5. The zero-order valence-corrected chi connectivity index (χ0v) is 12.4. The first-order chi connectivity index (χ1) is 10.2. The average molecular weight is 297 g/mol. The second-order valence-electron chi connectivity index (χ2n) is 4.35. The van der Waals surface area contributed by atoms with Crippen LogP contribution < -0.4 is 10.5 Å². The summed E-state index contributed by atoms with van der Waals surface area (Å²) in [7, 11) is 1.62. The van der Waals surface area contributed by atoms with E-state index in [1.54, 1.807) is 31.4 Å². The van der Waals surface area contributed by atoms with E-state index in [9.17, 15) is 4.79 Å². The van der Waals surface area contributed by atoms with Crippen LogP contribution in [0.3, 0.4) is 0 Å². The Morgan fingerprint density at radius 3 is 2.76 bits per heavy atom. The predicted octanol–water partition coefficient (Wildman–Crippen LogP) is 1.63. The number of hydrogen-bond acceptors (Lipinski definition) is 6. The molecule has 0 aliphatic heterocycles. The number of methoxy groups -OCH3 is 1. The van der Waals surface area contributed by atoms with Gasteiger partial charge in [0.25, 0.3) is 0 Å². The summed E-state index contributed by atoms with van der Waals surface area (Å²) in [5.41, 5.74) is 6.25. The molecule has 6 nitrogen and oxygen atoms in total. The Kier molecular flexibility index (Phi) is 8.99. The van der Waals surface area contributed by atoms with Gasteiger partial charge in [0, 0.05) is 31.9 Å². The van der Waals surface area contributed by atoms with Crippen molar-refractivity contribution in [1.29, 1.82) is 0 Å². The predicted molar refractivity (Wildman–Crippen MR) is 79.2 cm³/mol. The van der Waals surface area contributed by atoms with Gasteiger partial charge in [-0.05, 0) is 12.1 Å². The molecule has 6 heteroatoms. The molecule has 0 saturated heterocycles.